The summed E-state index contributed by atoms with van der Waals surface area (Å²) in [5.74, 6) is 0.573. The van der Waals surface area contributed by atoms with E-state index in [2.05, 4.69) is 5.32 Å². The first-order valence-electron chi connectivity index (χ1n) is 6.54. The predicted molar refractivity (Wildman–Crippen MR) is 86.3 cm³/mol. The number of alkyl halides is 1. The largest absolute Gasteiger partial charge is 0.493 e. The van der Waals surface area contributed by atoms with E-state index < -0.39 is 4.87 Å². The fraction of sp³-hybridized carbons (Fsp3) is 0.188. The topological polar surface area (TPSA) is 47.6 Å². The summed E-state index contributed by atoms with van der Waals surface area (Å²) < 4.78 is 10.7. The van der Waals surface area contributed by atoms with Crippen LogP contribution in [0.15, 0.2) is 36.4 Å². The third kappa shape index (κ3) is 2.02. The molecule has 114 valence electrons. The third-order valence-electron chi connectivity index (χ3n) is 3.69. The second-order valence-corrected chi connectivity index (χ2v) is 5.85. The molecule has 1 N–H and O–H groups in total. The Balaban J connectivity index is 2.28. The van der Waals surface area contributed by atoms with Crippen LogP contribution in [-0.2, 0) is 9.67 Å². The number of para-hydroxylation sites is 1. The Bertz CT molecular complexity index is 763. The Kier molecular flexibility index (Phi) is 3.67. The zero-order valence-corrected chi connectivity index (χ0v) is 13.5. The van der Waals surface area contributed by atoms with E-state index in [4.69, 9.17) is 32.7 Å². The van der Waals surface area contributed by atoms with Crippen molar-refractivity contribution in [2.75, 3.05) is 19.5 Å². The molecule has 0 aromatic heterocycles. The van der Waals surface area contributed by atoms with Crippen LogP contribution in [0.2, 0.25) is 5.02 Å². The van der Waals surface area contributed by atoms with Crippen LogP contribution in [0.4, 0.5) is 5.69 Å². The zero-order chi connectivity index (χ0) is 15.9. The van der Waals surface area contributed by atoms with Gasteiger partial charge in [-0.15, -0.1) is 0 Å². The number of ether oxygens (including phenoxy) is 2. The molecule has 2 aromatic carbocycles. The molecule has 1 atom stereocenters. The first-order chi connectivity index (χ1) is 10.5. The number of hydrogen-bond acceptors (Lipinski definition) is 3. The maximum Gasteiger partial charge on any atom is 0.254 e. The molecule has 6 heteroatoms. The van der Waals surface area contributed by atoms with Crippen LogP contribution in [0, 0.1) is 0 Å². The van der Waals surface area contributed by atoms with Crippen molar-refractivity contribution in [2.45, 2.75) is 4.87 Å². The van der Waals surface area contributed by atoms with E-state index in [0.717, 1.165) is 0 Å². The quantitative estimate of drug-likeness (QED) is 0.866. The number of amides is 1. The molecule has 4 nitrogen and oxygen atoms in total. The average molecular weight is 338 g/mol. The van der Waals surface area contributed by atoms with Crippen molar-refractivity contribution in [2.24, 2.45) is 0 Å². The number of methoxy groups -OCH3 is 2. The average Bonchev–Trinajstić information content (AvgIpc) is 2.78. The fourth-order valence-corrected chi connectivity index (χ4v) is 3.19. The first-order valence-corrected chi connectivity index (χ1v) is 7.29. The molecule has 0 saturated carbocycles. The summed E-state index contributed by atoms with van der Waals surface area (Å²) in [5.41, 5.74) is 1.74. The fourth-order valence-electron chi connectivity index (χ4n) is 2.67. The molecule has 1 aliphatic heterocycles. The molecule has 1 amide bonds. The first kappa shape index (κ1) is 15.0. The Hall–Kier alpha value is -1.91. The Labute approximate surface area is 137 Å². The lowest BCUT2D eigenvalue weighted by molar-refractivity contribution is -0.117. The summed E-state index contributed by atoms with van der Waals surface area (Å²) in [7, 11) is 3.04. The molecule has 22 heavy (non-hydrogen) atoms. The summed E-state index contributed by atoms with van der Waals surface area (Å²) in [6.45, 7) is 0. The molecule has 0 radical (unpaired) electrons. The van der Waals surface area contributed by atoms with Crippen LogP contribution in [0.3, 0.4) is 0 Å². The Morgan fingerprint density at radius 1 is 1.09 bits per heavy atom. The Morgan fingerprint density at radius 3 is 2.55 bits per heavy atom. The van der Waals surface area contributed by atoms with Gasteiger partial charge in [-0.1, -0.05) is 35.3 Å². The van der Waals surface area contributed by atoms with Crippen molar-refractivity contribution in [1.82, 2.24) is 0 Å². The molecule has 1 aliphatic rings. The van der Waals surface area contributed by atoms with Gasteiger partial charge in [-0.2, -0.15) is 0 Å². The molecule has 0 fully saturated rings. The van der Waals surface area contributed by atoms with Crippen molar-refractivity contribution in [3.8, 4) is 11.5 Å². The van der Waals surface area contributed by atoms with Crippen molar-refractivity contribution in [1.29, 1.82) is 0 Å². The third-order valence-corrected chi connectivity index (χ3v) is 4.50. The van der Waals surface area contributed by atoms with Crippen molar-refractivity contribution >= 4 is 34.8 Å². The minimum atomic E-state index is -1.42. The molecule has 0 saturated heterocycles. The van der Waals surface area contributed by atoms with Crippen LogP contribution in [0.5, 0.6) is 11.5 Å². The van der Waals surface area contributed by atoms with Gasteiger partial charge in [0.15, 0.2) is 16.4 Å². The number of hydrogen-bond donors (Lipinski definition) is 1. The summed E-state index contributed by atoms with van der Waals surface area (Å²) in [6.07, 6.45) is 0. The van der Waals surface area contributed by atoms with Gasteiger partial charge in [0.1, 0.15) is 0 Å². The van der Waals surface area contributed by atoms with Crippen LogP contribution in [0.25, 0.3) is 0 Å². The molecular formula is C16H13Cl2NO3. The molecule has 0 spiro atoms. The lowest BCUT2D eigenvalue weighted by Crippen LogP contribution is -2.30. The van der Waals surface area contributed by atoms with E-state index in [1.807, 2.05) is 0 Å². The smallest absolute Gasteiger partial charge is 0.254 e. The van der Waals surface area contributed by atoms with Crippen LogP contribution in [-0.4, -0.2) is 20.1 Å². The number of rotatable bonds is 3. The highest BCUT2D eigenvalue weighted by molar-refractivity contribution is 6.42. The number of halogens is 2. The van der Waals surface area contributed by atoms with Gasteiger partial charge < -0.3 is 14.8 Å². The SMILES string of the molecule is COc1cccc(C2(Cl)C(=O)Nc3ccc(Cl)cc32)c1OC. The van der Waals surface area contributed by atoms with E-state index in [-0.39, 0.29) is 5.91 Å². The van der Waals surface area contributed by atoms with Crippen LogP contribution < -0.4 is 14.8 Å². The van der Waals surface area contributed by atoms with Crippen molar-refractivity contribution in [3.05, 3.63) is 52.5 Å². The van der Waals surface area contributed by atoms with E-state index in [9.17, 15) is 4.79 Å². The molecule has 1 heterocycles. The second kappa shape index (κ2) is 5.38. The maximum absolute atomic E-state index is 12.5. The lowest BCUT2D eigenvalue weighted by Gasteiger charge is -2.23. The molecule has 3 rings (SSSR count). The molecule has 0 bridgehead atoms. The molecule has 2 aromatic rings. The lowest BCUT2D eigenvalue weighted by atomic mass is 9.90. The van der Waals surface area contributed by atoms with Crippen molar-refractivity contribution in [3.63, 3.8) is 0 Å². The van der Waals surface area contributed by atoms with Gasteiger partial charge in [-0.05, 0) is 24.3 Å². The van der Waals surface area contributed by atoms with Gasteiger partial charge in [0.25, 0.3) is 5.91 Å². The van der Waals surface area contributed by atoms with Gasteiger partial charge in [0, 0.05) is 21.8 Å². The van der Waals surface area contributed by atoms with Gasteiger partial charge in [0.2, 0.25) is 0 Å². The Morgan fingerprint density at radius 2 is 1.86 bits per heavy atom. The minimum Gasteiger partial charge on any atom is -0.493 e. The normalized spacial score (nSPS) is 19.5. The monoisotopic (exact) mass is 337 g/mol. The van der Waals surface area contributed by atoms with E-state index in [1.54, 1.807) is 36.4 Å². The van der Waals surface area contributed by atoms with Crippen LogP contribution >= 0.6 is 23.2 Å². The van der Waals surface area contributed by atoms with Crippen LogP contribution in [0.1, 0.15) is 11.1 Å². The number of carbonyl (C=O) groups is 1. The number of anilines is 1. The summed E-state index contributed by atoms with van der Waals surface area (Å²) in [6, 6.07) is 10.4. The maximum atomic E-state index is 12.5. The van der Waals surface area contributed by atoms with E-state index in [1.165, 1.54) is 14.2 Å². The zero-order valence-electron chi connectivity index (χ0n) is 11.9. The predicted octanol–water partition coefficient (Wildman–Crippen LogP) is 3.79. The summed E-state index contributed by atoms with van der Waals surface area (Å²) >= 11 is 12.8. The van der Waals surface area contributed by atoms with Gasteiger partial charge in [0.05, 0.1) is 14.2 Å². The highest BCUT2D eigenvalue weighted by atomic mass is 35.5. The molecule has 0 aliphatic carbocycles. The molecule has 1 unspecified atom stereocenters. The van der Waals surface area contributed by atoms with E-state index >= 15 is 0 Å². The van der Waals surface area contributed by atoms with Crippen molar-refractivity contribution < 1.29 is 14.3 Å². The van der Waals surface area contributed by atoms with Gasteiger partial charge >= 0.3 is 0 Å². The summed E-state index contributed by atoms with van der Waals surface area (Å²) in [5, 5.41) is 3.28. The highest BCUT2D eigenvalue weighted by Crippen LogP contribution is 2.51. The number of nitrogens with one attached hydrogen (secondary N) is 1. The molecular weight excluding hydrogens is 325 g/mol. The van der Waals surface area contributed by atoms with Gasteiger partial charge in [-0.3, -0.25) is 4.79 Å². The number of carbonyl (C=O) groups excluding carboxylic acids is 1. The number of benzene rings is 2. The highest BCUT2D eigenvalue weighted by Gasteiger charge is 2.49. The van der Waals surface area contributed by atoms with Gasteiger partial charge in [-0.25, -0.2) is 0 Å². The minimum absolute atomic E-state index is 0.349. The number of fused-ring (bicyclic) bond motifs is 1. The second-order valence-electron chi connectivity index (χ2n) is 4.84. The summed E-state index contributed by atoms with van der Waals surface area (Å²) in [4.78, 5) is 11.1. The standard InChI is InChI=1S/C16H13Cl2NO3/c1-21-13-5-3-4-10(14(13)22-2)16(18)11-8-9(17)6-7-12(11)19-15(16)20/h3-8H,1-2H3,(H,19,20). The van der Waals surface area contributed by atoms with E-state index in [0.29, 0.717) is 33.3 Å².